The van der Waals surface area contributed by atoms with Crippen LogP contribution in [0.3, 0.4) is 0 Å². The summed E-state index contributed by atoms with van der Waals surface area (Å²) in [7, 11) is 0. The second-order valence-electron chi connectivity index (χ2n) is 6.18. The molecule has 0 aliphatic heterocycles. The summed E-state index contributed by atoms with van der Waals surface area (Å²) in [4.78, 5) is 35.8. The van der Waals surface area contributed by atoms with Crippen molar-refractivity contribution in [2.24, 2.45) is 0 Å². The van der Waals surface area contributed by atoms with Crippen LogP contribution in [0.5, 0.6) is 11.5 Å². The number of ketones is 2. The van der Waals surface area contributed by atoms with Gasteiger partial charge in [-0.25, -0.2) is 0 Å². The molecule has 3 N–H and O–H groups in total. The van der Waals surface area contributed by atoms with Gasteiger partial charge in [-0.05, 0) is 36.4 Å². The van der Waals surface area contributed by atoms with Gasteiger partial charge in [-0.3, -0.25) is 19.7 Å². The van der Waals surface area contributed by atoms with Crippen molar-refractivity contribution in [1.82, 2.24) is 0 Å². The first kappa shape index (κ1) is 17.2. The number of aromatic hydroxyl groups is 2. The molecule has 4 rings (SSSR count). The fourth-order valence-corrected chi connectivity index (χ4v) is 3.21. The second kappa shape index (κ2) is 6.20. The first-order chi connectivity index (χ1) is 13.4. The van der Waals surface area contributed by atoms with Crippen molar-refractivity contribution in [2.75, 3.05) is 5.32 Å². The Morgan fingerprint density at radius 2 is 1.54 bits per heavy atom. The Hall–Kier alpha value is -4.20. The summed E-state index contributed by atoms with van der Waals surface area (Å²) < 4.78 is 0. The number of hydrogen-bond donors (Lipinski definition) is 3. The number of phenols is 2. The Balaban J connectivity index is 1.84. The molecule has 0 saturated heterocycles. The number of phenolic OH excluding ortho intramolecular Hbond substituents is 2. The average molecular weight is 376 g/mol. The molecule has 8 nitrogen and oxygen atoms in total. The predicted octanol–water partition coefficient (Wildman–Crippen LogP) is 3.53. The SMILES string of the molecule is O=C1c2ccc(Nc3ccccc3)cc2C(=O)c2c1cc(O)c([N+](=O)[O-])c2O. The summed E-state index contributed by atoms with van der Waals surface area (Å²) in [6.07, 6.45) is 0. The predicted molar refractivity (Wildman–Crippen MR) is 99.5 cm³/mol. The van der Waals surface area contributed by atoms with Crippen LogP contribution in [0.1, 0.15) is 31.8 Å². The maximum atomic E-state index is 12.9. The third-order valence-corrected chi connectivity index (χ3v) is 4.48. The highest BCUT2D eigenvalue weighted by Crippen LogP contribution is 2.44. The Morgan fingerprint density at radius 3 is 2.21 bits per heavy atom. The van der Waals surface area contributed by atoms with Gasteiger partial charge in [0.2, 0.25) is 5.75 Å². The van der Waals surface area contributed by atoms with Crippen molar-refractivity contribution in [2.45, 2.75) is 0 Å². The third-order valence-electron chi connectivity index (χ3n) is 4.48. The van der Waals surface area contributed by atoms with Crippen LogP contribution >= 0.6 is 0 Å². The Morgan fingerprint density at radius 1 is 0.821 bits per heavy atom. The van der Waals surface area contributed by atoms with Crippen LogP contribution < -0.4 is 5.32 Å². The van der Waals surface area contributed by atoms with Crippen LogP contribution in [0, 0.1) is 10.1 Å². The summed E-state index contributed by atoms with van der Waals surface area (Å²) in [5.74, 6) is -3.25. The summed E-state index contributed by atoms with van der Waals surface area (Å²) in [6, 6.07) is 14.5. The fraction of sp³-hybridized carbons (Fsp3) is 0. The lowest BCUT2D eigenvalue weighted by molar-refractivity contribution is -0.386. The summed E-state index contributed by atoms with van der Waals surface area (Å²) >= 11 is 0. The molecule has 0 spiro atoms. The van der Waals surface area contributed by atoms with Gasteiger partial charge in [0.15, 0.2) is 17.3 Å². The highest BCUT2D eigenvalue weighted by atomic mass is 16.6. The molecule has 28 heavy (non-hydrogen) atoms. The number of rotatable bonds is 3. The van der Waals surface area contributed by atoms with E-state index in [1.54, 1.807) is 6.07 Å². The highest BCUT2D eigenvalue weighted by molar-refractivity contribution is 6.30. The maximum absolute atomic E-state index is 12.9. The van der Waals surface area contributed by atoms with Crippen molar-refractivity contribution >= 4 is 28.6 Å². The molecule has 1 aliphatic rings. The molecular formula is C20H12N2O6. The van der Waals surface area contributed by atoms with Crippen LogP contribution in [-0.2, 0) is 0 Å². The Labute approximate surface area is 157 Å². The van der Waals surface area contributed by atoms with Gasteiger partial charge in [0, 0.05) is 28.1 Å². The van der Waals surface area contributed by atoms with E-state index in [4.69, 9.17) is 0 Å². The van der Waals surface area contributed by atoms with Crippen LogP contribution in [0.4, 0.5) is 17.1 Å². The molecule has 3 aromatic carbocycles. The second-order valence-corrected chi connectivity index (χ2v) is 6.18. The number of fused-ring (bicyclic) bond motifs is 2. The number of carbonyl (C=O) groups is 2. The smallest absolute Gasteiger partial charge is 0.352 e. The minimum Gasteiger partial charge on any atom is -0.502 e. The van der Waals surface area contributed by atoms with Gasteiger partial charge < -0.3 is 15.5 Å². The van der Waals surface area contributed by atoms with E-state index in [1.165, 1.54) is 12.1 Å². The van der Waals surface area contributed by atoms with E-state index in [2.05, 4.69) is 5.32 Å². The minimum absolute atomic E-state index is 0.00807. The standard InChI is InChI=1S/C20H12N2O6/c23-15-9-14-16(20(26)17(15)22(27)28)19(25)13-8-11(6-7-12(13)18(14)24)21-10-4-2-1-3-5-10/h1-9,21,23,26H. The first-order valence-electron chi connectivity index (χ1n) is 8.17. The minimum atomic E-state index is -1.02. The van der Waals surface area contributed by atoms with Crippen molar-refractivity contribution in [3.63, 3.8) is 0 Å². The normalized spacial score (nSPS) is 12.3. The Kier molecular flexibility index (Phi) is 3.82. The zero-order valence-electron chi connectivity index (χ0n) is 14.2. The molecule has 0 bridgehead atoms. The van der Waals surface area contributed by atoms with E-state index in [0.29, 0.717) is 5.69 Å². The van der Waals surface area contributed by atoms with Crippen LogP contribution in [-0.4, -0.2) is 26.7 Å². The molecule has 0 saturated carbocycles. The van der Waals surface area contributed by atoms with Gasteiger partial charge in [0.25, 0.3) is 0 Å². The number of nitrogens with zero attached hydrogens (tertiary/aromatic N) is 1. The molecule has 0 unspecified atom stereocenters. The molecule has 3 aromatic rings. The quantitative estimate of drug-likeness (QED) is 0.368. The molecule has 8 heteroatoms. The molecule has 0 heterocycles. The number of nitro groups is 1. The van der Waals surface area contributed by atoms with Gasteiger partial charge in [0.1, 0.15) is 0 Å². The number of anilines is 2. The van der Waals surface area contributed by atoms with Crippen LogP contribution in [0.2, 0.25) is 0 Å². The summed E-state index contributed by atoms with van der Waals surface area (Å²) in [6.45, 7) is 0. The molecule has 1 aliphatic carbocycles. The van der Waals surface area contributed by atoms with Crippen LogP contribution in [0.15, 0.2) is 54.6 Å². The number of para-hydroxylation sites is 1. The zero-order valence-corrected chi connectivity index (χ0v) is 14.2. The third kappa shape index (κ3) is 2.55. The topological polar surface area (TPSA) is 130 Å². The maximum Gasteiger partial charge on any atom is 0.352 e. The van der Waals surface area contributed by atoms with E-state index in [1.807, 2.05) is 30.3 Å². The largest absolute Gasteiger partial charge is 0.502 e. The molecule has 0 amide bonds. The molecule has 0 atom stereocenters. The van der Waals surface area contributed by atoms with Gasteiger partial charge >= 0.3 is 5.69 Å². The van der Waals surface area contributed by atoms with Gasteiger partial charge in [-0.15, -0.1) is 0 Å². The molecule has 0 radical (unpaired) electrons. The van der Waals surface area contributed by atoms with Crippen molar-refractivity contribution in [3.8, 4) is 11.5 Å². The van der Waals surface area contributed by atoms with Crippen molar-refractivity contribution in [3.05, 3.63) is 87.0 Å². The lowest BCUT2D eigenvalue weighted by Gasteiger charge is -2.19. The van der Waals surface area contributed by atoms with Gasteiger partial charge in [-0.2, -0.15) is 0 Å². The number of nitro benzene ring substituents is 1. The Bertz CT molecular complexity index is 1170. The number of benzene rings is 3. The van der Waals surface area contributed by atoms with E-state index >= 15 is 0 Å². The molecule has 0 aromatic heterocycles. The lowest BCUT2D eigenvalue weighted by Crippen LogP contribution is -2.21. The fourth-order valence-electron chi connectivity index (χ4n) is 3.21. The zero-order chi connectivity index (χ0) is 20.0. The average Bonchev–Trinajstić information content (AvgIpc) is 2.66. The number of carbonyl (C=O) groups excluding carboxylic acids is 2. The van der Waals surface area contributed by atoms with E-state index in [-0.39, 0.29) is 16.7 Å². The summed E-state index contributed by atoms with van der Waals surface area (Å²) in [5, 5.41) is 34.2. The summed E-state index contributed by atoms with van der Waals surface area (Å²) in [5.41, 5.74) is -0.386. The van der Waals surface area contributed by atoms with Gasteiger partial charge in [0.05, 0.1) is 10.5 Å². The van der Waals surface area contributed by atoms with E-state index < -0.39 is 39.2 Å². The van der Waals surface area contributed by atoms with E-state index in [9.17, 15) is 29.9 Å². The molecule has 138 valence electrons. The highest BCUT2D eigenvalue weighted by Gasteiger charge is 2.37. The first-order valence-corrected chi connectivity index (χ1v) is 8.17. The molecule has 0 fully saturated rings. The monoisotopic (exact) mass is 376 g/mol. The molecular weight excluding hydrogens is 364 g/mol. The van der Waals surface area contributed by atoms with Gasteiger partial charge in [-0.1, -0.05) is 18.2 Å². The number of hydrogen-bond acceptors (Lipinski definition) is 7. The lowest BCUT2D eigenvalue weighted by atomic mass is 9.82. The van der Waals surface area contributed by atoms with E-state index in [0.717, 1.165) is 11.8 Å². The van der Waals surface area contributed by atoms with Crippen LogP contribution in [0.25, 0.3) is 0 Å². The van der Waals surface area contributed by atoms with Crippen molar-refractivity contribution in [1.29, 1.82) is 0 Å². The number of nitrogens with one attached hydrogen (secondary N) is 1. The van der Waals surface area contributed by atoms with Crippen molar-refractivity contribution < 1.29 is 24.7 Å².